The van der Waals surface area contributed by atoms with E-state index in [4.69, 9.17) is 9.47 Å². The topological polar surface area (TPSA) is 35.5 Å². The largest absolute Gasteiger partial charge is 0.465 e. The van der Waals surface area contributed by atoms with Crippen LogP contribution in [0.4, 0.5) is 0 Å². The van der Waals surface area contributed by atoms with Crippen LogP contribution in [0.3, 0.4) is 0 Å². The molecule has 92 valence electrons. The molecule has 0 aliphatic rings. The maximum atomic E-state index is 11.0. The summed E-state index contributed by atoms with van der Waals surface area (Å²) in [5.74, 6) is 0.775. The molecule has 0 heterocycles. The molecule has 0 saturated carbocycles. The standard InChI is InChI=1S/C14H18O3/c1-4-16-14(15)8-9-17-13-7-5-6-12(10-13)11(2)3/h5-11H,4H2,1-3H3. The van der Waals surface area contributed by atoms with Gasteiger partial charge in [-0.2, -0.15) is 0 Å². The molecular formula is C14H18O3. The molecule has 0 atom stereocenters. The average molecular weight is 234 g/mol. The number of carbonyl (C=O) groups excluding carboxylic acids is 1. The zero-order chi connectivity index (χ0) is 12.7. The van der Waals surface area contributed by atoms with E-state index in [1.54, 1.807) is 6.92 Å². The quantitative estimate of drug-likeness (QED) is 0.445. The lowest BCUT2D eigenvalue weighted by Gasteiger charge is -2.06. The Morgan fingerprint density at radius 3 is 2.82 bits per heavy atom. The van der Waals surface area contributed by atoms with Crippen molar-refractivity contribution in [1.82, 2.24) is 0 Å². The predicted octanol–water partition coefficient (Wildman–Crippen LogP) is 3.27. The lowest BCUT2D eigenvalue weighted by Crippen LogP contribution is -1.99. The maximum absolute atomic E-state index is 11.0. The molecule has 0 amide bonds. The summed E-state index contributed by atoms with van der Waals surface area (Å²) in [4.78, 5) is 11.0. The van der Waals surface area contributed by atoms with Crippen LogP contribution in [-0.4, -0.2) is 12.6 Å². The molecule has 0 saturated heterocycles. The second-order valence-electron chi connectivity index (χ2n) is 3.90. The predicted molar refractivity (Wildman–Crippen MR) is 66.9 cm³/mol. The highest BCUT2D eigenvalue weighted by Gasteiger charge is 2.00. The van der Waals surface area contributed by atoms with Crippen LogP contribution in [0.5, 0.6) is 5.75 Å². The van der Waals surface area contributed by atoms with Crippen LogP contribution in [0, 0.1) is 0 Å². The third kappa shape index (κ3) is 4.72. The van der Waals surface area contributed by atoms with Crippen molar-refractivity contribution < 1.29 is 14.3 Å². The van der Waals surface area contributed by atoms with Gasteiger partial charge in [0.15, 0.2) is 0 Å². The fraction of sp³-hybridized carbons (Fsp3) is 0.357. The highest BCUT2D eigenvalue weighted by atomic mass is 16.5. The van der Waals surface area contributed by atoms with Gasteiger partial charge in [-0.1, -0.05) is 26.0 Å². The highest BCUT2D eigenvalue weighted by Crippen LogP contribution is 2.20. The lowest BCUT2D eigenvalue weighted by molar-refractivity contribution is -0.137. The summed E-state index contributed by atoms with van der Waals surface area (Å²) in [6.45, 7) is 6.37. The van der Waals surface area contributed by atoms with E-state index in [-0.39, 0.29) is 0 Å². The molecule has 0 spiro atoms. The summed E-state index contributed by atoms with van der Waals surface area (Å²) >= 11 is 0. The van der Waals surface area contributed by atoms with Crippen molar-refractivity contribution in [2.45, 2.75) is 26.7 Å². The van der Waals surface area contributed by atoms with E-state index in [2.05, 4.69) is 13.8 Å². The van der Waals surface area contributed by atoms with Crippen molar-refractivity contribution in [3.63, 3.8) is 0 Å². The van der Waals surface area contributed by atoms with Gasteiger partial charge in [0.2, 0.25) is 0 Å². The first-order chi connectivity index (χ1) is 8.13. The number of hydrogen-bond acceptors (Lipinski definition) is 3. The van der Waals surface area contributed by atoms with E-state index < -0.39 is 5.97 Å². The van der Waals surface area contributed by atoms with Crippen molar-refractivity contribution in [2.24, 2.45) is 0 Å². The normalized spacial score (nSPS) is 10.8. The molecule has 0 aliphatic carbocycles. The van der Waals surface area contributed by atoms with Gasteiger partial charge >= 0.3 is 5.97 Å². The first-order valence-corrected chi connectivity index (χ1v) is 5.73. The summed E-state index contributed by atoms with van der Waals surface area (Å²) < 4.78 is 10.1. The van der Waals surface area contributed by atoms with E-state index in [1.165, 1.54) is 17.9 Å². The van der Waals surface area contributed by atoms with Crippen molar-refractivity contribution in [3.8, 4) is 5.75 Å². The summed E-state index contributed by atoms with van der Waals surface area (Å²) in [7, 11) is 0. The summed E-state index contributed by atoms with van der Waals surface area (Å²) in [5.41, 5.74) is 1.20. The van der Waals surface area contributed by atoms with E-state index in [0.29, 0.717) is 12.5 Å². The van der Waals surface area contributed by atoms with E-state index in [1.807, 2.05) is 24.3 Å². The minimum absolute atomic E-state index is 0.367. The Hall–Kier alpha value is -1.77. The number of ether oxygens (including phenoxy) is 2. The van der Waals surface area contributed by atoms with Gasteiger partial charge in [-0.05, 0) is 30.5 Å². The molecule has 0 aromatic heterocycles. The van der Waals surface area contributed by atoms with E-state index >= 15 is 0 Å². The van der Waals surface area contributed by atoms with Gasteiger partial charge in [-0.15, -0.1) is 0 Å². The van der Waals surface area contributed by atoms with Crippen molar-refractivity contribution in [2.75, 3.05) is 6.61 Å². The molecule has 0 bridgehead atoms. The molecule has 0 N–H and O–H groups in total. The maximum Gasteiger partial charge on any atom is 0.333 e. The Morgan fingerprint density at radius 1 is 1.41 bits per heavy atom. The fourth-order valence-electron chi connectivity index (χ4n) is 1.31. The Balaban J connectivity index is 2.57. The smallest absolute Gasteiger partial charge is 0.333 e. The molecule has 0 aliphatic heterocycles. The third-order valence-electron chi connectivity index (χ3n) is 2.22. The van der Waals surface area contributed by atoms with Crippen LogP contribution in [0.25, 0.3) is 0 Å². The number of benzene rings is 1. The van der Waals surface area contributed by atoms with Gasteiger partial charge < -0.3 is 9.47 Å². The molecule has 1 rings (SSSR count). The lowest BCUT2D eigenvalue weighted by atomic mass is 10.0. The van der Waals surface area contributed by atoms with Gasteiger partial charge in [0.1, 0.15) is 5.75 Å². The Bertz CT molecular complexity index is 394. The van der Waals surface area contributed by atoms with E-state index in [0.717, 1.165) is 5.75 Å². The molecule has 3 heteroatoms. The number of esters is 1. The van der Waals surface area contributed by atoms with Crippen molar-refractivity contribution in [1.29, 1.82) is 0 Å². The fourth-order valence-corrected chi connectivity index (χ4v) is 1.31. The molecule has 0 unspecified atom stereocenters. The van der Waals surface area contributed by atoms with Gasteiger partial charge in [-0.25, -0.2) is 4.79 Å². The molecule has 0 radical (unpaired) electrons. The molecule has 1 aromatic rings. The Labute approximate surface area is 102 Å². The van der Waals surface area contributed by atoms with Gasteiger partial charge in [-0.3, -0.25) is 0 Å². The van der Waals surface area contributed by atoms with Crippen molar-refractivity contribution >= 4 is 5.97 Å². The van der Waals surface area contributed by atoms with Crippen LogP contribution >= 0.6 is 0 Å². The second-order valence-corrected chi connectivity index (χ2v) is 3.90. The van der Waals surface area contributed by atoms with Gasteiger partial charge in [0, 0.05) is 0 Å². The molecule has 0 fully saturated rings. The summed E-state index contributed by atoms with van der Waals surface area (Å²) in [6.07, 6.45) is 2.61. The SMILES string of the molecule is CCOC(=O)C=COc1cccc(C(C)C)c1. The van der Waals surface area contributed by atoms with Crippen LogP contribution in [0.2, 0.25) is 0 Å². The molecular weight excluding hydrogens is 216 g/mol. The second kappa shape index (κ2) is 6.74. The third-order valence-corrected chi connectivity index (χ3v) is 2.22. The van der Waals surface area contributed by atoms with E-state index in [9.17, 15) is 4.79 Å². The summed E-state index contributed by atoms with van der Waals surface area (Å²) in [6, 6.07) is 7.79. The summed E-state index contributed by atoms with van der Waals surface area (Å²) in [5, 5.41) is 0. The van der Waals surface area contributed by atoms with Crippen LogP contribution in [-0.2, 0) is 9.53 Å². The van der Waals surface area contributed by atoms with Gasteiger partial charge in [0.25, 0.3) is 0 Å². The zero-order valence-electron chi connectivity index (χ0n) is 10.5. The van der Waals surface area contributed by atoms with Crippen molar-refractivity contribution in [3.05, 3.63) is 42.2 Å². The number of rotatable bonds is 5. The minimum atomic E-state index is -0.396. The number of carbonyl (C=O) groups is 1. The average Bonchev–Trinajstić information content (AvgIpc) is 2.30. The number of hydrogen-bond donors (Lipinski definition) is 0. The van der Waals surface area contributed by atoms with Crippen LogP contribution < -0.4 is 4.74 Å². The molecule has 17 heavy (non-hydrogen) atoms. The minimum Gasteiger partial charge on any atom is -0.465 e. The zero-order valence-corrected chi connectivity index (χ0v) is 10.5. The molecule has 1 aromatic carbocycles. The Morgan fingerprint density at radius 2 is 2.18 bits per heavy atom. The van der Waals surface area contributed by atoms with Crippen LogP contribution in [0.1, 0.15) is 32.3 Å². The molecule has 3 nitrogen and oxygen atoms in total. The monoisotopic (exact) mass is 234 g/mol. The first-order valence-electron chi connectivity index (χ1n) is 5.73. The van der Waals surface area contributed by atoms with Gasteiger partial charge in [0.05, 0.1) is 18.9 Å². The Kier molecular flexibility index (Phi) is 5.27. The van der Waals surface area contributed by atoms with Crippen LogP contribution in [0.15, 0.2) is 36.6 Å². The highest BCUT2D eigenvalue weighted by molar-refractivity contribution is 5.81. The first kappa shape index (κ1) is 13.3.